The summed E-state index contributed by atoms with van der Waals surface area (Å²) >= 11 is 0. The van der Waals surface area contributed by atoms with Crippen molar-refractivity contribution in [3.8, 4) is 33.4 Å². The van der Waals surface area contributed by atoms with Gasteiger partial charge in [-0.25, -0.2) is 0 Å². The predicted molar refractivity (Wildman–Crippen MR) is 175 cm³/mol. The zero-order chi connectivity index (χ0) is 34.4. The lowest BCUT2D eigenvalue weighted by molar-refractivity contribution is 1.28. The Morgan fingerprint density at radius 3 is 1.39 bits per heavy atom. The molecule has 0 aliphatic rings. The van der Waals surface area contributed by atoms with Gasteiger partial charge < -0.3 is 4.90 Å². The first-order valence-electron chi connectivity index (χ1n) is 17.4. The van der Waals surface area contributed by atoms with E-state index in [-0.39, 0.29) is 70.8 Å². The average Bonchev–Trinajstić information content (AvgIpc) is 3.13. The highest BCUT2D eigenvalue weighted by atomic mass is 15.1. The topological polar surface area (TPSA) is 3.24 Å². The average molecular weight is 532 g/mol. The van der Waals surface area contributed by atoms with Crippen LogP contribution in [-0.2, 0) is 0 Å². The van der Waals surface area contributed by atoms with Gasteiger partial charge in [0.05, 0.1) is 11.0 Å². The van der Waals surface area contributed by atoms with Crippen molar-refractivity contribution in [1.29, 1.82) is 0 Å². The van der Waals surface area contributed by atoms with E-state index >= 15 is 0 Å². The van der Waals surface area contributed by atoms with E-state index in [2.05, 4.69) is 0 Å². The Kier molecular flexibility index (Phi) is 4.65. The predicted octanol–water partition coefficient (Wildman–Crippen LogP) is 11.3. The van der Waals surface area contributed by atoms with Crippen molar-refractivity contribution in [3.05, 3.63) is 176 Å². The van der Waals surface area contributed by atoms with Gasteiger partial charge in [-0.15, -0.1) is 0 Å². The number of hydrogen-bond donors (Lipinski definition) is 0. The molecule has 7 aromatic rings. The van der Waals surface area contributed by atoms with Gasteiger partial charge in [0.2, 0.25) is 0 Å². The largest absolute Gasteiger partial charge is 0.310 e. The number of fused-ring (bicyclic) bond motifs is 1. The van der Waals surface area contributed by atoms with E-state index in [9.17, 15) is 5.48 Å². The van der Waals surface area contributed by atoms with Gasteiger partial charge in [0.15, 0.2) is 0 Å². The van der Waals surface area contributed by atoms with Gasteiger partial charge in [-0.3, -0.25) is 0 Å². The van der Waals surface area contributed by atoms with Gasteiger partial charge in [0.25, 0.3) is 0 Å². The van der Waals surface area contributed by atoms with E-state index < -0.39 is 0 Å². The first-order valence-corrected chi connectivity index (χ1v) is 13.4. The smallest absolute Gasteiger partial charge is 0.0645 e. The Balaban J connectivity index is 1.52. The molecule has 0 aromatic heterocycles. The summed E-state index contributed by atoms with van der Waals surface area (Å²) in [5.41, 5.74) is 2.95. The van der Waals surface area contributed by atoms with Crippen LogP contribution in [0.4, 0.5) is 17.1 Å². The summed E-state index contributed by atoms with van der Waals surface area (Å²) in [4.78, 5) is 1.34. The Morgan fingerprint density at radius 1 is 0.317 bits per heavy atom. The van der Waals surface area contributed by atoms with Crippen molar-refractivity contribution in [2.75, 3.05) is 4.90 Å². The molecular weight excluding hydrogens is 494 g/mol. The van der Waals surface area contributed by atoms with E-state index in [1.165, 1.54) is 4.90 Å². The Morgan fingerprint density at radius 2 is 0.805 bits per heavy atom. The molecule has 0 saturated heterocycles. The summed E-state index contributed by atoms with van der Waals surface area (Å²) in [5, 5.41) is 2.11. The van der Waals surface area contributed by atoms with Crippen LogP contribution in [0.2, 0.25) is 0 Å². The van der Waals surface area contributed by atoms with E-state index in [4.69, 9.17) is 5.48 Å². The normalized spacial score (nSPS) is 13.7. The molecule has 0 bridgehead atoms. The number of hydrogen-bond acceptors (Lipinski definition) is 1. The number of nitrogens with zero attached hydrogens (tertiary/aromatic N) is 1. The summed E-state index contributed by atoms with van der Waals surface area (Å²) in [7, 11) is 0. The fraction of sp³-hybridized carbons (Fsp3) is 0. The van der Waals surface area contributed by atoms with E-state index in [1.54, 1.807) is 78.9 Å². The highest BCUT2D eigenvalue weighted by Crippen LogP contribution is 2.38. The molecule has 1 nitrogen and oxygen atoms in total. The molecule has 0 unspecified atom stereocenters. The zero-order valence-corrected chi connectivity index (χ0v) is 22.1. The minimum Gasteiger partial charge on any atom is -0.310 e. The molecular formula is C40H29N. The van der Waals surface area contributed by atoms with E-state index in [1.807, 2.05) is 48.5 Å². The Hall–Kier alpha value is -5.40. The Labute approximate surface area is 252 Å². The van der Waals surface area contributed by atoms with Crippen LogP contribution in [0.1, 0.15) is 11.0 Å². The van der Waals surface area contributed by atoms with Crippen molar-refractivity contribution in [2.24, 2.45) is 0 Å². The van der Waals surface area contributed by atoms with Crippen LogP contribution in [0.25, 0.3) is 44.2 Å². The summed E-state index contributed by atoms with van der Waals surface area (Å²) < 4.78 is 73.1. The summed E-state index contributed by atoms with van der Waals surface area (Å²) in [6.45, 7) is 0. The maximum atomic E-state index is 9.24. The molecule has 1 heteroatoms. The van der Waals surface area contributed by atoms with Gasteiger partial charge in [-0.2, -0.15) is 0 Å². The number of anilines is 3. The molecule has 7 rings (SSSR count). The highest BCUT2D eigenvalue weighted by Gasteiger charge is 2.14. The standard InChI is InChI=1S/C40H29N/c1-3-10-30(11-4-1)33-20-24-38(25-21-33)41(39-26-22-34(23-27-39)31-12-5-2-6-13-31)40-17-9-16-36(29-40)37-19-18-32-14-7-8-15-35(32)28-37/h1-29H/i20D,21D,22D,23D,24D,25D,26D,27D. The van der Waals surface area contributed by atoms with Crippen molar-refractivity contribution in [1.82, 2.24) is 0 Å². The quantitative estimate of drug-likeness (QED) is 0.206. The van der Waals surface area contributed by atoms with Crippen molar-refractivity contribution in [3.63, 3.8) is 0 Å². The molecule has 0 atom stereocenters. The second kappa shape index (κ2) is 11.0. The lowest BCUT2D eigenvalue weighted by atomic mass is 10.00. The lowest BCUT2D eigenvalue weighted by Gasteiger charge is -2.26. The van der Waals surface area contributed by atoms with Gasteiger partial charge in [-0.05, 0) is 86.5 Å². The third kappa shape index (κ3) is 5.14. The second-order valence-corrected chi connectivity index (χ2v) is 9.63. The molecule has 0 radical (unpaired) electrons. The monoisotopic (exact) mass is 531 g/mol. The first-order chi connectivity index (χ1) is 23.7. The van der Waals surface area contributed by atoms with E-state index in [0.717, 1.165) is 21.9 Å². The fourth-order valence-corrected chi connectivity index (χ4v) is 4.90. The molecule has 0 spiro atoms. The van der Waals surface area contributed by atoms with Gasteiger partial charge in [0.1, 0.15) is 0 Å². The van der Waals surface area contributed by atoms with Crippen LogP contribution < -0.4 is 4.90 Å². The van der Waals surface area contributed by atoms with Gasteiger partial charge in [0, 0.05) is 17.1 Å². The molecule has 41 heavy (non-hydrogen) atoms. The molecule has 0 saturated carbocycles. The SMILES string of the molecule is [2H]c1c([2H])c(N(c2cccc(-c3ccc4ccccc4c3)c2)c2c([2H])c([2H])c(-c3ccccc3)c([2H])c2[2H])c([2H])c([2H])c1-c1ccccc1. The third-order valence-corrected chi connectivity index (χ3v) is 6.98. The molecule has 0 aliphatic heterocycles. The number of rotatable bonds is 6. The maximum absolute atomic E-state index is 9.24. The van der Waals surface area contributed by atoms with Crippen molar-refractivity contribution < 1.29 is 11.0 Å². The molecule has 194 valence electrons. The van der Waals surface area contributed by atoms with Crippen LogP contribution >= 0.6 is 0 Å². The third-order valence-electron chi connectivity index (χ3n) is 6.98. The van der Waals surface area contributed by atoms with Gasteiger partial charge >= 0.3 is 0 Å². The zero-order valence-electron chi connectivity index (χ0n) is 30.1. The van der Waals surface area contributed by atoms with Crippen LogP contribution in [-0.4, -0.2) is 0 Å². The molecule has 0 amide bonds. The first kappa shape index (κ1) is 17.3. The van der Waals surface area contributed by atoms with Gasteiger partial charge in [-0.1, -0.05) is 133 Å². The molecule has 0 aliphatic carbocycles. The summed E-state index contributed by atoms with van der Waals surface area (Å²) in [6.07, 6.45) is 0. The molecule has 7 aromatic carbocycles. The summed E-state index contributed by atoms with van der Waals surface area (Å²) in [5.74, 6) is 0. The van der Waals surface area contributed by atoms with Crippen molar-refractivity contribution in [2.45, 2.75) is 0 Å². The molecule has 0 heterocycles. The fourth-order valence-electron chi connectivity index (χ4n) is 4.90. The van der Waals surface area contributed by atoms with Crippen LogP contribution in [0, 0.1) is 0 Å². The lowest BCUT2D eigenvalue weighted by Crippen LogP contribution is -2.10. The van der Waals surface area contributed by atoms with Crippen molar-refractivity contribution >= 4 is 27.8 Å². The number of benzene rings is 7. The second-order valence-electron chi connectivity index (χ2n) is 9.63. The van der Waals surface area contributed by atoms with E-state index in [0.29, 0.717) is 16.8 Å². The Bertz CT molecular complexity index is 2210. The molecule has 0 N–H and O–H groups in total. The molecule has 0 fully saturated rings. The minimum atomic E-state index is -0.375. The van der Waals surface area contributed by atoms with Crippen LogP contribution in [0.15, 0.2) is 176 Å². The maximum Gasteiger partial charge on any atom is 0.0645 e. The summed E-state index contributed by atoms with van der Waals surface area (Å²) in [6, 6.07) is 36.2. The minimum absolute atomic E-state index is 0.128. The van der Waals surface area contributed by atoms with Crippen LogP contribution in [0.3, 0.4) is 0 Å². The van der Waals surface area contributed by atoms with Crippen LogP contribution in [0.5, 0.6) is 0 Å². The highest BCUT2D eigenvalue weighted by molar-refractivity contribution is 5.88.